The normalized spacial score (nSPS) is 10.8. The first-order valence-corrected chi connectivity index (χ1v) is 6.13. The number of aromatic nitrogens is 4. The van der Waals surface area contributed by atoms with Gasteiger partial charge in [-0.25, -0.2) is 19.0 Å². The van der Waals surface area contributed by atoms with Crippen molar-refractivity contribution in [2.75, 3.05) is 17.7 Å². The fraction of sp³-hybridized carbons (Fsp3) is 0.154. The Bertz CT molecular complexity index is 721. The summed E-state index contributed by atoms with van der Waals surface area (Å²) in [5.74, 6) is 0.630. The molecule has 0 spiro atoms. The molecule has 0 saturated heterocycles. The molecule has 0 unspecified atom stereocenters. The van der Waals surface area contributed by atoms with Crippen LogP contribution in [0.15, 0.2) is 36.8 Å². The quantitative estimate of drug-likeness (QED) is 0.711. The number of nitrogens with one attached hydrogen (secondary N) is 1. The van der Waals surface area contributed by atoms with Gasteiger partial charge in [0.2, 0.25) is 0 Å². The Kier molecular flexibility index (Phi) is 3.16. The van der Waals surface area contributed by atoms with E-state index < -0.39 is 6.67 Å². The van der Waals surface area contributed by atoms with Crippen molar-refractivity contribution in [3.63, 3.8) is 0 Å². The van der Waals surface area contributed by atoms with Gasteiger partial charge in [0.15, 0.2) is 5.65 Å². The molecule has 0 aliphatic rings. The molecule has 0 amide bonds. The average Bonchev–Trinajstić information content (AvgIpc) is 2.86. The van der Waals surface area contributed by atoms with E-state index in [9.17, 15) is 4.39 Å². The smallest absolute Gasteiger partial charge is 0.163 e. The van der Waals surface area contributed by atoms with Gasteiger partial charge in [-0.1, -0.05) is 0 Å². The number of rotatable bonds is 4. The lowest BCUT2D eigenvalue weighted by Gasteiger charge is -2.06. The predicted molar refractivity (Wildman–Crippen MR) is 75.4 cm³/mol. The maximum absolute atomic E-state index is 12.4. The Morgan fingerprint density at radius 3 is 2.75 bits per heavy atom. The average molecular weight is 272 g/mol. The van der Waals surface area contributed by atoms with Crippen molar-refractivity contribution >= 4 is 28.2 Å². The van der Waals surface area contributed by atoms with Gasteiger partial charge in [-0.15, -0.1) is 0 Å². The van der Waals surface area contributed by atoms with E-state index in [1.807, 2.05) is 12.1 Å². The van der Waals surface area contributed by atoms with Crippen LogP contribution < -0.4 is 11.1 Å². The highest BCUT2D eigenvalue weighted by Crippen LogP contribution is 2.23. The highest BCUT2D eigenvalue weighted by molar-refractivity contribution is 5.88. The van der Waals surface area contributed by atoms with Crippen molar-refractivity contribution in [3.05, 3.63) is 36.8 Å². The second-order valence-corrected chi connectivity index (χ2v) is 4.26. The van der Waals surface area contributed by atoms with Gasteiger partial charge >= 0.3 is 0 Å². The van der Waals surface area contributed by atoms with E-state index in [2.05, 4.69) is 20.4 Å². The van der Waals surface area contributed by atoms with Gasteiger partial charge in [-0.2, -0.15) is 5.10 Å². The predicted octanol–water partition coefficient (Wildman–Crippen LogP) is 2.12. The summed E-state index contributed by atoms with van der Waals surface area (Å²) >= 11 is 0. The summed E-state index contributed by atoms with van der Waals surface area (Å²) in [5.41, 5.74) is 7.80. The molecular weight excluding hydrogens is 259 g/mol. The van der Waals surface area contributed by atoms with Crippen molar-refractivity contribution < 1.29 is 4.39 Å². The maximum Gasteiger partial charge on any atom is 0.163 e. The minimum atomic E-state index is -0.485. The lowest BCUT2D eigenvalue weighted by Crippen LogP contribution is -2.03. The number of nitrogens with zero attached hydrogens (tertiary/aromatic N) is 4. The molecule has 0 fully saturated rings. The molecule has 0 saturated carbocycles. The largest absolute Gasteiger partial charge is 0.399 e. The summed E-state index contributed by atoms with van der Waals surface area (Å²) in [6, 6.07) is 7.31. The summed E-state index contributed by atoms with van der Waals surface area (Å²) < 4.78 is 14.0. The molecule has 0 bridgehead atoms. The van der Waals surface area contributed by atoms with Crippen LogP contribution in [0.2, 0.25) is 0 Å². The Morgan fingerprint density at radius 1 is 1.20 bits per heavy atom. The molecule has 2 heterocycles. The van der Waals surface area contributed by atoms with Gasteiger partial charge in [0.1, 0.15) is 18.8 Å². The van der Waals surface area contributed by atoms with Gasteiger partial charge in [0.25, 0.3) is 0 Å². The van der Waals surface area contributed by atoms with Crippen molar-refractivity contribution in [1.82, 2.24) is 19.7 Å². The first kappa shape index (κ1) is 12.3. The molecule has 0 aliphatic heterocycles. The molecule has 1 aromatic carbocycles. The highest BCUT2D eigenvalue weighted by atomic mass is 19.1. The third-order valence-corrected chi connectivity index (χ3v) is 2.90. The number of anilines is 3. The van der Waals surface area contributed by atoms with E-state index in [-0.39, 0.29) is 6.54 Å². The van der Waals surface area contributed by atoms with Crippen molar-refractivity contribution in [2.45, 2.75) is 6.54 Å². The third-order valence-electron chi connectivity index (χ3n) is 2.90. The van der Waals surface area contributed by atoms with Gasteiger partial charge in [0, 0.05) is 11.4 Å². The van der Waals surface area contributed by atoms with Crippen LogP contribution in [0.3, 0.4) is 0 Å². The Balaban J connectivity index is 1.97. The number of alkyl halides is 1. The van der Waals surface area contributed by atoms with Crippen LogP contribution in [0.4, 0.5) is 21.6 Å². The first-order chi connectivity index (χ1) is 9.78. The van der Waals surface area contributed by atoms with E-state index >= 15 is 0 Å². The van der Waals surface area contributed by atoms with Crippen LogP contribution in [-0.2, 0) is 6.54 Å². The minimum Gasteiger partial charge on any atom is -0.399 e. The summed E-state index contributed by atoms with van der Waals surface area (Å²) in [7, 11) is 0. The van der Waals surface area contributed by atoms with E-state index in [0.717, 1.165) is 11.1 Å². The number of fused-ring (bicyclic) bond motifs is 1. The summed E-state index contributed by atoms with van der Waals surface area (Å²) in [5, 5.41) is 8.04. The Labute approximate surface area is 114 Å². The van der Waals surface area contributed by atoms with Crippen LogP contribution >= 0.6 is 0 Å². The summed E-state index contributed by atoms with van der Waals surface area (Å²) in [6.07, 6.45) is 3.06. The van der Waals surface area contributed by atoms with E-state index in [0.29, 0.717) is 17.2 Å². The SMILES string of the molecule is Nc1ccc(Nc2ncnc3c2cnn3CCF)cc1. The number of hydrogen-bond donors (Lipinski definition) is 2. The number of hydrogen-bond acceptors (Lipinski definition) is 5. The molecular formula is C13H13FN6. The second-order valence-electron chi connectivity index (χ2n) is 4.26. The molecule has 6 nitrogen and oxygen atoms in total. The number of halogens is 1. The molecule has 7 heteroatoms. The minimum absolute atomic E-state index is 0.182. The standard InChI is InChI=1S/C13H13FN6/c14-5-6-20-13-11(7-18-20)12(16-8-17-13)19-10-3-1-9(15)2-4-10/h1-4,7-8H,5-6,15H2,(H,16,17,19). The molecule has 3 rings (SSSR count). The van der Waals surface area contributed by atoms with Crippen LogP contribution in [0.25, 0.3) is 11.0 Å². The lowest BCUT2D eigenvalue weighted by atomic mass is 10.3. The zero-order valence-corrected chi connectivity index (χ0v) is 10.6. The second kappa shape index (κ2) is 5.12. The monoisotopic (exact) mass is 272 g/mol. The van der Waals surface area contributed by atoms with Crippen LogP contribution in [0.1, 0.15) is 0 Å². The molecule has 0 radical (unpaired) electrons. The number of benzene rings is 1. The number of nitrogen functional groups attached to an aromatic ring is 1. The van der Waals surface area contributed by atoms with E-state index in [4.69, 9.17) is 5.73 Å². The van der Waals surface area contributed by atoms with Gasteiger partial charge in [-0.05, 0) is 24.3 Å². The molecule has 20 heavy (non-hydrogen) atoms. The fourth-order valence-electron chi connectivity index (χ4n) is 1.94. The molecule has 0 atom stereocenters. The van der Waals surface area contributed by atoms with Crippen molar-refractivity contribution in [2.24, 2.45) is 0 Å². The van der Waals surface area contributed by atoms with Crippen LogP contribution in [0, 0.1) is 0 Å². The van der Waals surface area contributed by atoms with Gasteiger partial charge < -0.3 is 11.1 Å². The third kappa shape index (κ3) is 2.25. The molecule has 2 aromatic heterocycles. The van der Waals surface area contributed by atoms with E-state index in [1.165, 1.54) is 11.0 Å². The maximum atomic E-state index is 12.4. The van der Waals surface area contributed by atoms with Gasteiger partial charge in [-0.3, -0.25) is 0 Å². The van der Waals surface area contributed by atoms with Crippen LogP contribution in [0.5, 0.6) is 0 Å². The topological polar surface area (TPSA) is 81.7 Å². The molecule has 3 aromatic rings. The van der Waals surface area contributed by atoms with E-state index in [1.54, 1.807) is 18.3 Å². The molecule has 102 valence electrons. The molecule has 3 N–H and O–H groups in total. The van der Waals surface area contributed by atoms with Crippen molar-refractivity contribution in [1.29, 1.82) is 0 Å². The number of aryl methyl sites for hydroxylation is 1. The van der Waals surface area contributed by atoms with Crippen LogP contribution in [-0.4, -0.2) is 26.4 Å². The summed E-state index contributed by atoms with van der Waals surface area (Å²) in [4.78, 5) is 8.34. The Morgan fingerprint density at radius 2 is 2.00 bits per heavy atom. The first-order valence-electron chi connectivity index (χ1n) is 6.13. The molecule has 0 aliphatic carbocycles. The zero-order valence-electron chi connectivity index (χ0n) is 10.6. The lowest BCUT2D eigenvalue weighted by molar-refractivity contribution is 0.432. The summed E-state index contributed by atoms with van der Waals surface area (Å²) in [6.45, 7) is -0.302. The highest BCUT2D eigenvalue weighted by Gasteiger charge is 2.09. The Hall–Kier alpha value is -2.70. The number of nitrogens with two attached hydrogens (primary N) is 1. The zero-order chi connectivity index (χ0) is 13.9. The fourth-order valence-corrected chi connectivity index (χ4v) is 1.94. The van der Waals surface area contributed by atoms with Crippen molar-refractivity contribution in [3.8, 4) is 0 Å². The van der Waals surface area contributed by atoms with Gasteiger partial charge in [0.05, 0.1) is 18.1 Å².